The van der Waals surface area contributed by atoms with Gasteiger partial charge < -0.3 is 25.2 Å². The SMILES string of the molecule is [B]c1ccc(NC(=O)N2C[C@H](OC)C[C@@H]2C(=O)Nc2cc3c(cc2F)CN(C)CC3)cc1. The Balaban J connectivity index is 1.49. The summed E-state index contributed by atoms with van der Waals surface area (Å²) in [7, 11) is 9.22. The Labute approximate surface area is 188 Å². The molecule has 2 aliphatic heterocycles. The molecule has 2 aliphatic rings. The summed E-state index contributed by atoms with van der Waals surface area (Å²) in [4.78, 5) is 29.5. The number of likely N-dealkylation sites (tertiary alicyclic amines) is 1. The average molecular weight is 436 g/mol. The number of rotatable bonds is 4. The quantitative estimate of drug-likeness (QED) is 0.718. The van der Waals surface area contributed by atoms with Crippen molar-refractivity contribution >= 4 is 36.6 Å². The van der Waals surface area contributed by atoms with Crippen molar-refractivity contribution in [2.45, 2.75) is 31.5 Å². The molecule has 2 aromatic carbocycles. The molecule has 0 saturated carbocycles. The molecule has 1 saturated heterocycles. The first-order valence-corrected chi connectivity index (χ1v) is 10.6. The lowest BCUT2D eigenvalue weighted by Crippen LogP contribution is -2.45. The van der Waals surface area contributed by atoms with Gasteiger partial charge in [-0.25, -0.2) is 9.18 Å². The normalized spacial score (nSPS) is 20.7. The maximum atomic E-state index is 14.7. The Morgan fingerprint density at radius 1 is 1.16 bits per heavy atom. The fourth-order valence-electron chi connectivity index (χ4n) is 4.24. The zero-order valence-corrected chi connectivity index (χ0v) is 18.2. The van der Waals surface area contributed by atoms with Crippen molar-refractivity contribution in [2.24, 2.45) is 0 Å². The molecule has 0 spiro atoms. The summed E-state index contributed by atoms with van der Waals surface area (Å²) in [5, 5.41) is 5.47. The first kappa shape index (κ1) is 22.3. The minimum Gasteiger partial charge on any atom is -0.380 e. The molecular weight excluding hydrogens is 410 g/mol. The van der Waals surface area contributed by atoms with Crippen molar-refractivity contribution in [1.29, 1.82) is 0 Å². The van der Waals surface area contributed by atoms with Crippen molar-refractivity contribution in [1.82, 2.24) is 9.80 Å². The van der Waals surface area contributed by atoms with Gasteiger partial charge in [-0.1, -0.05) is 17.6 Å². The van der Waals surface area contributed by atoms with Crippen molar-refractivity contribution in [3.05, 3.63) is 53.3 Å². The second-order valence-electron chi connectivity index (χ2n) is 8.39. The molecule has 2 atom stereocenters. The largest absolute Gasteiger partial charge is 0.380 e. The Hall–Kier alpha value is -2.91. The second-order valence-corrected chi connectivity index (χ2v) is 8.39. The molecule has 1 fully saturated rings. The number of anilines is 2. The first-order chi connectivity index (χ1) is 15.3. The van der Waals surface area contributed by atoms with Crippen LogP contribution >= 0.6 is 0 Å². The molecule has 0 aliphatic carbocycles. The van der Waals surface area contributed by atoms with Crippen LogP contribution in [0, 0.1) is 5.82 Å². The van der Waals surface area contributed by atoms with Gasteiger partial charge in [0.05, 0.1) is 11.8 Å². The van der Waals surface area contributed by atoms with Gasteiger partial charge in [0.25, 0.3) is 0 Å². The van der Waals surface area contributed by atoms with Gasteiger partial charge in [0.1, 0.15) is 19.7 Å². The van der Waals surface area contributed by atoms with Gasteiger partial charge in [-0.2, -0.15) is 0 Å². The molecule has 166 valence electrons. The van der Waals surface area contributed by atoms with Crippen LogP contribution in [0.5, 0.6) is 0 Å². The number of ether oxygens (including phenoxy) is 1. The lowest BCUT2D eigenvalue weighted by molar-refractivity contribution is -0.119. The van der Waals surface area contributed by atoms with E-state index in [1.54, 1.807) is 37.4 Å². The molecule has 0 bridgehead atoms. The van der Waals surface area contributed by atoms with Gasteiger partial charge in [-0.05, 0) is 48.9 Å². The van der Waals surface area contributed by atoms with E-state index in [1.807, 2.05) is 7.05 Å². The van der Waals surface area contributed by atoms with Gasteiger partial charge in [0.2, 0.25) is 5.91 Å². The molecule has 2 radical (unpaired) electrons. The smallest absolute Gasteiger partial charge is 0.322 e. The minimum absolute atomic E-state index is 0.137. The Kier molecular flexibility index (Phi) is 6.48. The number of hydrogen-bond acceptors (Lipinski definition) is 4. The van der Waals surface area contributed by atoms with E-state index in [0.29, 0.717) is 24.1 Å². The van der Waals surface area contributed by atoms with E-state index in [-0.39, 0.29) is 18.3 Å². The van der Waals surface area contributed by atoms with Crippen LogP contribution in [0.4, 0.5) is 20.6 Å². The topological polar surface area (TPSA) is 73.9 Å². The van der Waals surface area contributed by atoms with Gasteiger partial charge in [-0.3, -0.25) is 4.79 Å². The number of nitrogens with one attached hydrogen (secondary N) is 2. The van der Waals surface area contributed by atoms with Crippen LogP contribution in [0.2, 0.25) is 0 Å². The van der Waals surface area contributed by atoms with Crippen molar-refractivity contribution < 1.29 is 18.7 Å². The van der Waals surface area contributed by atoms with Crippen LogP contribution in [0.1, 0.15) is 17.5 Å². The molecule has 32 heavy (non-hydrogen) atoms. The van der Waals surface area contributed by atoms with Gasteiger partial charge in [0, 0.05) is 38.9 Å². The van der Waals surface area contributed by atoms with E-state index in [2.05, 4.69) is 15.5 Å². The van der Waals surface area contributed by atoms with Crippen LogP contribution < -0.4 is 16.1 Å². The number of hydrogen-bond donors (Lipinski definition) is 2. The maximum absolute atomic E-state index is 14.7. The number of urea groups is 1. The number of likely N-dealkylation sites (N-methyl/N-ethyl adjacent to an activating group) is 1. The number of amides is 3. The van der Waals surface area contributed by atoms with Gasteiger partial charge in [0.15, 0.2) is 0 Å². The van der Waals surface area contributed by atoms with Crippen molar-refractivity contribution in [3.8, 4) is 0 Å². The number of halogens is 1. The molecule has 4 rings (SSSR count). The predicted molar refractivity (Wildman–Crippen MR) is 122 cm³/mol. The van der Waals surface area contributed by atoms with E-state index in [1.165, 1.54) is 11.0 Å². The van der Waals surface area contributed by atoms with E-state index >= 15 is 0 Å². The van der Waals surface area contributed by atoms with Crippen LogP contribution in [-0.2, 0) is 22.5 Å². The summed E-state index contributed by atoms with van der Waals surface area (Å²) < 4.78 is 20.1. The van der Waals surface area contributed by atoms with E-state index in [9.17, 15) is 14.0 Å². The summed E-state index contributed by atoms with van der Waals surface area (Å²) in [5.41, 5.74) is 3.24. The standard InChI is InChI=1S/C23H26BFN4O3/c1-28-8-7-14-10-20(19(25)9-15(14)12-28)27-22(30)21-11-18(32-2)13-29(21)23(31)26-17-5-3-16(24)4-6-17/h3-6,9-10,18,21H,7-8,11-13H2,1-2H3,(H,26,31)(H,27,30)/t18-,21-/m1/s1. The highest BCUT2D eigenvalue weighted by Gasteiger charge is 2.40. The molecule has 2 N–H and O–H groups in total. The molecule has 0 unspecified atom stereocenters. The zero-order chi connectivity index (χ0) is 22.8. The van der Waals surface area contributed by atoms with E-state index < -0.39 is 23.8 Å². The van der Waals surface area contributed by atoms with E-state index in [0.717, 1.165) is 24.1 Å². The summed E-state index contributed by atoms with van der Waals surface area (Å²) in [6, 6.07) is 8.71. The number of methoxy groups -OCH3 is 1. The first-order valence-electron chi connectivity index (χ1n) is 10.6. The molecule has 2 aromatic rings. The fourth-order valence-corrected chi connectivity index (χ4v) is 4.24. The summed E-state index contributed by atoms with van der Waals surface area (Å²) >= 11 is 0. The van der Waals surface area contributed by atoms with Crippen LogP contribution in [0.25, 0.3) is 0 Å². The monoisotopic (exact) mass is 436 g/mol. The summed E-state index contributed by atoms with van der Waals surface area (Å²) in [6.45, 7) is 1.81. The highest BCUT2D eigenvalue weighted by atomic mass is 19.1. The summed E-state index contributed by atoms with van der Waals surface area (Å²) in [5.74, 6) is -0.921. The van der Waals surface area contributed by atoms with Crippen molar-refractivity contribution in [2.75, 3.05) is 37.9 Å². The number of carbonyl (C=O) groups is 2. The Morgan fingerprint density at radius 2 is 1.91 bits per heavy atom. The molecule has 3 amide bonds. The van der Waals surface area contributed by atoms with Crippen LogP contribution in [-0.4, -0.2) is 69.0 Å². The third-order valence-electron chi connectivity index (χ3n) is 6.07. The third-order valence-corrected chi connectivity index (χ3v) is 6.07. The van der Waals surface area contributed by atoms with Gasteiger partial charge in [-0.15, -0.1) is 0 Å². The van der Waals surface area contributed by atoms with Crippen LogP contribution in [0.3, 0.4) is 0 Å². The number of carbonyl (C=O) groups excluding carboxylic acids is 2. The molecule has 9 heteroatoms. The fraction of sp³-hybridized carbons (Fsp3) is 0.391. The van der Waals surface area contributed by atoms with E-state index in [4.69, 9.17) is 12.6 Å². The average Bonchev–Trinajstić information content (AvgIpc) is 3.21. The number of fused-ring (bicyclic) bond motifs is 1. The van der Waals surface area contributed by atoms with Crippen LogP contribution in [0.15, 0.2) is 36.4 Å². The third kappa shape index (κ3) is 4.79. The molecule has 2 heterocycles. The maximum Gasteiger partial charge on any atom is 0.322 e. The van der Waals surface area contributed by atoms with Crippen molar-refractivity contribution in [3.63, 3.8) is 0 Å². The number of nitrogens with zero attached hydrogens (tertiary/aromatic N) is 2. The van der Waals surface area contributed by atoms with Gasteiger partial charge >= 0.3 is 6.03 Å². The molecule has 7 nitrogen and oxygen atoms in total. The Morgan fingerprint density at radius 3 is 2.62 bits per heavy atom. The molecule has 0 aromatic heterocycles. The lowest BCUT2D eigenvalue weighted by Gasteiger charge is -2.26. The minimum atomic E-state index is -0.782. The predicted octanol–water partition coefficient (Wildman–Crippen LogP) is 1.87. The highest BCUT2D eigenvalue weighted by molar-refractivity contribution is 6.32. The number of benzene rings is 2. The second kappa shape index (κ2) is 9.30. The highest BCUT2D eigenvalue weighted by Crippen LogP contribution is 2.27. The lowest BCUT2D eigenvalue weighted by atomic mass is 9.96. The summed E-state index contributed by atoms with van der Waals surface area (Å²) in [6.07, 6.45) is 0.835. The zero-order valence-electron chi connectivity index (χ0n) is 18.2. The molecular formula is C23H26BFN4O3. The Bertz CT molecular complexity index is 1020.